The van der Waals surface area contributed by atoms with Crippen LogP contribution in [0.4, 0.5) is 0 Å². The second-order valence-corrected chi connectivity index (χ2v) is 6.87. The van der Waals surface area contributed by atoms with E-state index in [2.05, 4.69) is 27.6 Å². The molecule has 9 heteroatoms. The lowest BCUT2D eigenvalue weighted by Gasteiger charge is -2.10. The SMILES string of the molecule is C=CC(C(=O)/C=C(\C)Cl)=C(CC)NN=C(N)N/N=C(\CC)c1ccc(Cl)cc1O. The van der Waals surface area contributed by atoms with Crippen molar-refractivity contribution < 1.29 is 9.90 Å². The van der Waals surface area contributed by atoms with E-state index < -0.39 is 0 Å². The molecule has 156 valence electrons. The summed E-state index contributed by atoms with van der Waals surface area (Å²) in [6, 6.07) is 4.76. The molecule has 0 radical (unpaired) electrons. The predicted octanol–water partition coefficient (Wildman–Crippen LogP) is 4.13. The molecule has 7 nitrogen and oxygen atoms in total. The van der Waals surface area contributed by atoms with E-state index in [0.29, 0.717) is 45.4 Å². The molecule has 0 aromatic heterocycles. The molecule has 0 aliphatic rings. The molecule has 0 atom stereocenters. The van der Waals surface area contributed by atoms with Crippen molar-refractivity contribution >= 4 is 40.7 Å². The number of nitrogens with one attached hydrogen (secondary N) is 2. The molecular weight excluding hydrogens is 413 g/mol. The maximum atomic E-state index is 12.2. The first-order chi connectivity index (χ1) is 13.7. The van der Waals surface area contributed by atoms with Crippen LogP contribution < -0.4 is 16.6 Å². The molecule has 0 amide bonds. The van der Waals surface area contributed by atoms with Crippen LogP contribution in [0.25, 0.3) is 0 Å². The summed E-state index contributed by atoms with van der Waals surface area (Å²) in [5, 5.41) is 19.0. The zero-order valence-electron chi connectivity index (χ0n) is 16.6. The number of phenols is 1. The quantitative estimate of drug-likeness (QED) is 0.152. The first-order valence-corrected chi connectivity index (χ1v) is 9.63. The van der Waals surface area contributed by atoms with Gasteiger partial charge in [-0.2, -0.15) is 5.10 Å². The van der Waals surface area contributed by atoms with Crippen LogP contribution >= 0.6 is 23.2 Å². The van der Waals surface area contributed by atoms with Crippen LogP contribution in [-0.4, -0.2) is 22.6 Å². The Morgan fingerprint density at radius 3 is 2.48 bits per heavy atom. The second-order valence-electron chi connectivity index (χ2n) is 5.84. The average molecular weight is 438 g/mol. The van der Waals surface area contributed by atoms with Gasteiger partial charge >= 0.3 is 0 Å². The van der Waals surface area contributed by atoms with E-state index in [9.17, 15) is 9.90 Å². The Hall–Kier alpha value is -2.77. The van der Waals surface area contributed by atoms with Crippen molar-refractivity contribution in [3.05, 3.63) is 63.8 Å². The number of hydrogen-bond acceptors (Lipinski definition) is 5. The fourth-order valence-electron chi connectivity index (χ4n) is 2.32. The molecule has 0 aliphatic heterocycles. The molecule has 1 aromatic carbocycles. The Morgan fingerprint density at radius 2 is 1.97 bits per heavy atom. The van der Waals surface area contributed by atoms with Crippen LogP contribution in [0.1, 0.15) is 39.2 Å². The molecule has 1 aromatic rings. The number of rotatable bonds is 9. The first-order valence-electron chi connectivity index (χ1n) is 8.87. The Bertz CT molecular complexity index is 885. The number of hydrogen-bond donors (Lipinski definition) is 4. The largest absolute Gasteiger partial charge is 0.507 e. The molecule has 0 spiro atoms. The fraction of sp³-hybridized carbons (Fsp3) is 0.250. The number of nitrogens with zero attached hydrogens (tertiary/aromatic N) is 2. The number of allylic oxidation sites excluding steroid dienone is 5. The third-order valence-corrected chi connectivity index (χ3v) is 4.04. The third-order valence-electron chi connectivity index (χ3n) is 3.70. The molecule has 0 unspecified atom stereocenters. The number of aromatic hydroxyl groups is 1. The number of phenolic OH excluding ortho intramolecular Hbond substituents is 1. The van der Waals surface area contributed by atoms with Gasteiger partial charge in [0.25, 0.3) is 0 Å². The van der Waals surface area contributed by atoms with E-state index in [1.54, 1.807) is 19.1 Å². The number of guanidine groups is 1. The zero-order chi connectivity index (χ0) is 22.0. The highest BCUT2D eigenvalue weighted by molar-refractivity contribution is 6.31. The van der Waals surface area contributed by atoms with E-state index >= 15 is 0 Å². The van der Waals surface area contributed by atoms with Gasteiger partial charge in [0, 0.05) is 33.0 Å². The third kappa shape index (κ3) is 7.63. The second kappa shape index (κ2) is 11.9. The zero-order valence-corrected chi connectivity index (χ0v) is 18.1. The van der Waals surface area contributed by atoms with Crippen LogP contribution in [0, 0.1) is 0 Å². The highest BCUT2D eigenvalue weighted by Crippen LogP contribution is 2.23. The summed E-state index contributed by atoms with van der Waals surface area (Å²) in [7, 11) is 0. The molecule has 0 saturated carbocycles. The normalized spacial score (nSPS) is 13.6. The standard InChI is InChI=1S/C20H25Cl2N5O2/c1-5-14(18(28)10-12(4)21)16(6-2)24-26-20(23)27-25-17(7-3)15-9-8-13(22)11-19(15)29/h5,8-11,24,29H,1,6-7H2,2-4H3,(H3,23,26,27)/b12-10+,16-14?,25-17+. The van der Waals surface area contributed by atoms with Crippen molar-refractivity contribution in [2.75, 3.05) is 0 Å². The summed E-state index contributed by atoms with van der Waals surface area (Å²) in [6.07, 6.45) is 3.75. The number of hydrazone groups is 2. The van der Waals surface area contributed by atoms with Gasteiger partial charge in [0.1, 0.15) is 5.75 Å². The van der Waals surface area contributed by atoms with Gasteiger partial charge in [-0.25, -0.2) is 5.43 Å². The van der Waals surface area contributed by atoms with Crippen LogP contribution in [0.5, 0.6) is 5.75 Å². The summed E-state index contributed by atoms with van der Waals surface area (Å²) >= 11 is 11.6. The summed E-state index contributed by atoms with van der Waals surface area (Å²) in [5.74, 6) is -0.306. The van der Waals surface area contributed by atoms with E-state index in [1.807, 2.05) is 13.8 Å². The summed E-state index contributed by atoms with van der Waals surface area (Å²) in [6.45, 7) is 9.01. The topological polar surface area (TPSA) is 112 Å². The van der Waals surface area contributed by atoms with Gasteiger partial charge in [-0.1, -0.05) is 49.7 Å². The molecule has 0 saturated heterocycles. The number of ketones is 1. The Balaban J connectivity index is 3.01. The van der Waals surface area contributed by atoms with Crippen LogP contribution in [0.15, 0.2) is 63.4 Å². The molecular formula is C20H25Cl2N5O2. The highest BCUT2D eigenvalue weighted by Gasteiger charge is 2.10. The summed E-state index contributed by atoms with van der Waals surface area (Å²) in [4.78, 5) is 12.2. The molecule has 0 bridgehead atoms. The van der Waals surface area contributed by atoms with Crippen molar-refractivity contribution in [2.45, 2.75) is 33.6 Å². The summed E-state index contributed by atoms with van der Waals surface area (Å²) < 4.78 is 0. The van der Waals surface area contributed by atoms with Crippen LogP contribution in [0.2, 0.25) is 5.02 Å². The van der Waals surface area contributed by atoms with Gasteiger partial charge in [0.2, 0.25) is 5.96 Å². The smallest absolute Gasteiger partial charge is 0.231 e. The number of carbonyl (C=O) groups is 1. The minimum Gasteiger partial charge on any atom is -0.507 e. The number of halogens is 2. The Morgan fingerprint density at radius 1 is 1.28 bits per heavy atom. The van der Waals surface area contributed by atoms with Gasteiger partial charge in [-0.3, -0.25) is 10.2 Å². The lowest BCUT2D eigenvalue weighted by molar-refractivity contribution is -0.111. The fourth-order valence-corrected chi connectivity index (χ4v) is 2.58. The van der Waals surface area contributed by atoms with Crippen LogP contribution in [-0.2, 0) is 4.79 Å². The number of benzene rings is 1. The van der Waals surface area contributed by atoms with Crippen molar-refractivity contribution in [1.82, 2.24) is 10.9 Å². The minimum atomic E-state index is -0.289. The Labute approximate surface area is 180 Å². The lowest BCUT2D eigenvalue weighted by Crippen LogP contribution is -2.31. The van der Waals surface area contributed by atoms with Crippen molar-refractivity contribution in [3.8, 4) is 5.75 Å². The minimum absolute atomic E-state index is 0.0153. The van der Waals surface area contributed by atoms with E-state index in [1.165, 1.54) is 18.2 Å². The van der Waals surface area contributed by atoms with Gasteiger partial charge < -0.3 is 10.8 Å². The van der Waals surface area contributed by atoms with Crippen molar-refractivity contribution in [3.63, 3.8) is 0 Å². The van der Waals surface area contributed by atoms with E-state index in [4.69, 9.17) is 28.9 Å². The average Bonchev–Trinajstić information content (AvgIpc) is 2.66. The van der Waals surface area contributed by atoms with Crippen LogP contribution in [0.3, 0.4) is 0 Å². The maximum absolute atomic E-state index is 12.2. The monoisotopic (exact) mass is 437 g/mol. The van der Waals surface area contributed by atoms with Crippen molar-refractivity contribution in [2.24, 2.45) is 15.9 Å². The molecule has 0 fully saturated rings. The lowest BCUT2D eigenvalue weighted by atomic mass is 10.1. The first kappa shape index (κ1) is 24.3. The van der Waals surface area contributed by atoms with E-state index in [0.717, 1.165) is 0 Å². The molecule has 5 N–H and O–H groups in total. The highest BCUT2D eigenvalue weighted by atomic mass is 35.5. The van der Waals surface area contributed by atoms with Gasteiger partial charge in [0.05, 0.1) is 5.71 Å². The Kier molecular flexibility index (Phi) is 9.99. The van der Waals surface area contributed by atoms with E-state index in [-0.39, 0.29) is 17.5 Å². The number of carbonyl (C=O) groups excluding carboxylic acids is 1. The van der Waals surface area contributed by atoms with Crippen molar-refractivity contribution in [1.29, 1.82) is 0 Å². The van der Waals surface area contributed by atoms with Gasteiger partial charge in [-0.05, 0) is 38.0 Å². The molecule has 0 aliphatic carbocycles. The number of nitrogens with two attached hydrogens (primary N) is 1. The molecule has 29 heavy (non-hydrogen) atoms. The van der Waals surface area contributed by atoms with Gasteiger partial charge in [-0.15, -0.1) is 5.10 Å². The maximum Gasteiger partial charge on any atom is 0.231 e. The van der Waals surface area contributed by atoms with Gasteiger partial charge in [0.15, 0.2) is 5.78 Å². The molecule has 0 heterocycles. The summed E-state index contributed by atoms with van der Waals surface area (Å²) in [5.41, 5.74) is 13.2. The predicted molar refractivity (Wildman–Crippen MR) is 120 cm³/mol. The molecule has 1 rings (SSSR count).